The van der Waals surface area contributed by atoms with Gasteiger partial charge in [-0.3, -0.25) is 29.4 Å². The minimum atomic E-state index is -1.01. The van der Waals surface area contributed by atoms with Crippen molar-refractivity contribution in [2.75, 3.05) is 44.8 Å². The van der Waals surface area contributed by atoms with Gasteiger partial charge < -0.3 is 24.4 Å². The van der Waals surface area contributed by atoms with Gasteiger partial charge in [-0.1, -0.05) is 6.07 Å². The van der Waals surface area contributed by atoms with Crippen LogP contribution in [0, 0.1) is 0 Å². The fraction of sp³-hybridized carbons (Fsp3) is 0.577. The Morgan fingerprint density at radius 2 is 1.97 bits per heavy atom. The number of imide groups is 2. The highest BCUT2D eigenvalue weighted by Crippen LogP contribution is 2.32. The number of nitrogens with zero attached hydrogens (tertiary/aromatic N) is 2. The number of anilines is 1. The Hall–Kier alpha value is -3.51. The van der Waals surface area contributed by atoms with Crippen molar-refractivity contribution in [3.63, 3.8) is 0 Å². The zero-order valence-corrected chi connectivity index (χ0v) is 21.9. The first kappa shape index (κ1) is 27.5. The molecule has 4 rings (SSSR count). The summed E-state index contributed by atoms with van der Waals surface area (Å²) in [6.07, 6.45) is 0.180. The maximum absolute atomic E-state index is 13.1. The van der Waals surface area contributed by atoms with Crippen molar-refractivity contribution in [3.8, 4) is 0 Å². The number of piperidine rings is 1. The van der Waals surface area contributed by atoms with Gasteiger partial charge >= 0.3 is 6.09 Å². The third-order valence-electron chi connectivity index (χ3n) is 6.34. The number of carbonyl (C=O) groups excluding carboxylic acids is 5. The molecular weight excluding hydrogens is 496 g/mol. The summed E-state index contributed by atoms with van der Waals surface area (Å²) < 4.78 is 16.9. The van der Waals surface area contributed by atoms with E-state index in [9.17, 15) is 24.0 Å². The van der Waals surface area contributed by atoms with Crippen molar-refractivity contribution in [2.24, 2.45) is 0 Å². The Balaban J connectivity index is 1.24. The van der Waals surface area contributed by atoms with Gasteiger partial charge in [0.2, 0.25) is 11.8 Å². The SMILES string of the molecule is CC(C)(C)OC(=O)N1CCO[C@@H](COCCCNc2cccc3c2C(=O)N(C2CCC(=O)NC2=O)C3=O)C1. The van der Waals surface area contributed by atoms with Crippen LogP contribution in [-0.2, 0) is 23.8 Å². The molecule has 3 aliphatic rings. The van der Waals surface area contributed by atoms with E-state index in [-0.39, 0.29) is 36.2 Å². The standard InChI is InChI=1S/C26H34N4O8/c1-26(2,3)38-25(35)29-11-13-37-16(14-29)15-36-12-5-10-27-18-7-4-6-17-21(18)24(34)30(23(17)33)19-8-9-20(31)28-22(19)32/h4,6-7,16,19,27H,5,8-15H2,1-3H3,(H,28,31,32)/t16-,19?/m1/s1. The minimum absolute atomic E-state index is 0.0693. The summed E-state index contributed by atoms with van der Waals surface area (Å²) >= 11 is 0. The molecule has 38 heavy (non-hydrogen) atoms. The first-order valence-electron chi connectivity index (χ1n) is 12.8. The third-order valence-corrected chi connectivity index (χ3v) is 6.34. The molecule has 0 aliphatic carbocycles. The predicted octanol–water partition coefficient (Wildman–Crippen LogP) is 1.54. The van der Waals surface area contributed by atoms with Crippen molar-refractivity contribution >= 4 is 35.4 Å². The molecule has 1 unspecified atom stereocenters. The van der Waals surface area contributed by atoms with Crippen LogP contribution in [0.5, 0.6) is 0 Å². The Morgan fingerprint density at radius 1 is 1.18 bits per heavy atom. The van der Waals surface area contributed by atoms with Crippen LogP contribution in [0.15, 0.2) is 18.2 Å². The predicted molar refractivity (Wildman–Crippen MR) is 135 cm³/mol. The minimum Gasteiger partial charge on any atom is -0.444 e. The second-order valence-electron chi connectivity index (χ2n) is 10.4. The van der Waals surface area contributed by atoms with Crippen LogP contribution in [0.25, 0.3) is 0 Å². The number of nitrogens with one attached hydrogen (secondary N) is 2. The monoisotopic (exact) mass is 530 g/mol. The van der Waals surface area contributed by atoms with Crippen LogP contribution in [0.2, 0.25) is 0 Å². The Kier molecular flexibility index (Phi) is 8.32. The Bertz CT molecular complexity index is 1110. The molecule has 12 heteroatoms. The molecule has 0 radical (unpaired) electrons. The number of benzene rings is 1. The second kappa shape index (κ2) is 11.5. The third kappa shape index (κ3) is 6.30. The number of ether oxygens (including phenoxy) is 3. The summed E-state index contributed by atoms with van der Waals surface area (Å²) in [5.74, 6) is -2.15. The molecule has 0 spiro atoms. The molecule has 3 heterocycles. The number of hydrogen-bond acceptors (Lipinski definition) is 9. The number of fused-ring (bicyclic) bond motifs is 1. The van der Waals surface area contributed by atoms with Crippen molar-refractivity contribution in [3.05, 3.63) is 29.3 Å². The van der Waals surface area contributed by atoms with Gasteiger partial charge in [0, 0.05) is 31.8 Å². The van der Waals surface area contributed by atoms with Gasteiger partial charge in [-0.25, -0.2) is 4.79 Å². The Labute approximate surface area is 220 Å². The molecule has 206 valence electrons. The smallest absolute Gasteiger partial charge is 0.410 e. The first-order valence-corrected chi connectivity index (χ1v) is 12.8. The largest absolute Gasteiger partial charge is 0.444 e. The molecule has 2 saturated heterocycles. The molecule has 0 saturated carbocycles. The number of carbonyl (C=O) groups is 5. The topological polar surface area (TPSA) is 144 Å². The van der Waals surface area contributed by atoms with Crippen LogP contribution in [0.1, 0.15) is 60.7 Å². The van der Waals surface area contributed by atoms with Crippen molar-refractivity contribution in [1.82, 2.24) is 15.1 Å². The van der Waals surface area contributed by atoms with E-state index in [4.69, 9.17) is 14.2 Å². The van der Waals surface area contributed by atoms with Gasteiger partial charge in [0.15, 0.2) is 0 Å². The van der Waals surface area contributed by atoms with Crippen LogP contribution < -0.4 is 10.6 Å². The quantitative estimate of drug-likeness (QED) is 0.378. The summed E-state index contributed by atoms with van der Waals surface area (Å²) in [6.45, 7) is 7.98. The molecule has 0 bridgehead atoms. The van der Waals surface area contributed by atoms with E-state index in [1.165, 1.54) is 0 Å². The average Bonchev–Trinajstić information content (AvgIpc) is 3.11. The molecule has 5 amide bonds. The van der Waals surface area contributed by atoms with E-state index in [0.717, 1.165) is 4.90 Å². The van der Waals surface area contributed by atoms with E-state index in [1.54, 1.807) is 23.1 Å². The maximum atomic E-state index is 13.1. The van der Waals surface area contributed by atoms with Gasteiger partial charge in [-0.2, -0.15) is 0 Å². The molecule has 0 aromatic heterocycles. The molecule has 2 fully saturated rings. The van der Waals surface area contributed by atoms with E-state index < -0.39 is 35.3 Å². The van der Waals surface area contributed by atoms with E-state index >= 15 is 0 Å². The fourth-order valence-corrected chi connectivity index (χ4v) is 4.59. The van der Waals surface area contributed by atoms with Crippen molar-refractivity contribution < 1.29 is 38.2 Å². The zero-order chi connectivity index (χ0) is 27.4. The van der Waals surface area contributed by atoms with E-state index in [1.807, 2.05) is 20.8 Å². The van der Waals surface area contributed by atoms with Gasteiger partial charge in [0.25, 0.3) is 11.8 Å². The van der Waals surface area contributed by atoms with Gasteiger partial charge in [-0.05, 0) is 45.7 Å². The molecule has 2 N–H and O–H groups in total. The lowest BCUT2D eigenvalue weighted by atomic mass is 10.0. The Morgan fingerprint density at radius 3 is 2.71 bits per heavy atom. The number of hydrogen-bond donors (Lipinski definition) is 2. The van der Waals surface area contributed by atoms with E-state index in [2.05, 4.69) is 10.6 Å². The molecule has 3 aliphatic heterocycles. The summed E-state index contributed by atoms with van der Waals surface area (Å²) in [7, 11) is 0. The van der Waals surface area contributed by atoms with Crippen LogP contribution in [0.4, 0.5) is 10.5 Å². The van der Waals surface area contributed by atoms with Gasteiger partial charge in [0.1, 0.15) is 11.6 Å². The molecular formula is C26H34N4O8. The molecule has 2 atom stereocenters. The normalized spacial score (nSPS) is 21.9. The number of rotatable bonds is 8. The summed E-state index contributed by atoms with van der Waals surface area (Å²) in [5, 5.41) is 5.38. The maximum Gasteiger partial charge on any atom is 0.410 e. The lowest BCUT2D eigenvalue weighted by Crippen LogP contribution is -2.54. The lowest BCUT2D eigenvalue weighted by molar-refractivity contribution is -0.136. The molecule has 1 aromatic rings. The van der Waals surface area contributed by atoms with E-state index in [0.29, 0.717) is 51.6 Å². The fourth-order valence-electron chi connectivity index (χ4n) is 4.59. The number of morpholine rings is 1. The summed E-state index contributed by atoms with van der Waals surface area (Å²) in [4.78, 5) is 64.7. The van der Waals surface area contributed by atoms with Crippen LogP contribution >= 0.6 is 0 Å². The van der Waals surface area contributed by atoms with Crippen LogP contribution in [-0.4, -0.2) is 96.7 Å². The average molecular weight is 531 g/mol. The van der Waals surface area contributed by atoms with Crippen LogP contribution in [0.3, 0.4) is 0 Å². The first-order chi connectivity index (χ1) is 18.0. The highest BCUT2D eigenvalue weighted by Gasteiger charge is 2.45. The number of amides is 5. The zero-order valence-electron chi connectivity index (χ0n) is 21.9. The molecule has 1 aromatic carbocycles. The second-order valence-corrected chi connectivity index (χ2v) is 10.4. The summed E-state index contributed by atoms with van der Waals surface area (Å²) in [5.41, 5.74) is 0.388. The highest BCUT2D eigenvalue weighted by molar-refractivity contribution is 6.25. The summed E-state index contributed by atoms with van der Waals surface area (Å²) in [6, 6.07) is 3.93. The van der Waals surface area contributed by atoms with Crippen molar-refractivity contribution in [1.29, 1.82) is 0 Å². The van der Waals surface area contributed by atoms with Gasteiger partial charge in [0.05, 0.1) is 37.0 Å². The van der Waals surface area contributed by atoms with Gasteiger partial charge in [-0.15, -0.1) is 0 Å². The molecule has 12 nitrogen and oxygen atoms in total. The lowest BCUT2D eigenvalue weighted by Gasteiger charge is -2.34. The van der Waals surface area contributed by atoms with Crippen molar-refractivity contribution in [2.45, 2.75) is 57.8 Å². The highest BCUT2D eigenvalue weighted by atomic mass is 16.6.